The third kappa shape index (κ3) is 5.90. The first-order valence-electron chi connectivity index (χ1n) is 12.3. The summed E-state index contributed by atoms with van der Waals surface area (Å²) in [6.07, 6.45) is 2.59. The van der Waals surface area contributed by atoms with Gasteiger partial charge in [-0.25, -0.2) is 18.1 Å². The second kappa shape index (κ2) is 11.7. The summed E-state index contributed by atoms with van der Waals surface area (Å²) in [4.78, 5) is 17.0. The summed E-state index contributed by atoms with van der Waals surface area (Å²) in [6.45, 7) is 6.86. The standard InChI is InChI=1S/C26H31N5O5S/c1-3-21-18-27-14-15-30(21)23-12-11-19(22-8-7-13-28-26(22)36-4-2)16-20(23)17-29-37(34,35)25-10-6-5-9-24(25)31(32)33/h5-13,16,21,27,29H,3-4,14-15,17-18H2,1-2H3. The number of piperazine rings is 1. The number of benzene rings is 2. The first kappa shape index (κ1) is 26.5. The third-order valence-electron chi connectivity index (χ3n) is 6.38. The molecule has 0 amide bonds. The molecule has 37 heavy (non-hydrogen) atoms. The van der Waals surface area contributed by atoms with Crippen LogP contribution in [0.2, 0.25) is 0 Å². The highest BCUT2D eigenvalue weighted by Gasteiger charge is 2.27. The van der Waals surface area contributed by atoms with E-state index in [1.807, 2.05) is 37.3 Å². The molecule has 196 valence electrons. The van der Waals surface area contributed by atoms with E-state index in [9.17, 15) is 18.5 Å². The van der Waals surface area contributed by atoms with Gasteiger partial charge < -0.3 is 15.0 Å². The van der Waals surface area contributed by atoms with Crippen LogP contribution < -0.4 is 19.7 Å². The van der Waals surface area contributed by atoms with Gasteiger partial charge in [-0.3, -0.25) is 10.1 Å². The van der Waals surface area contributed by atoms with Gasteiger partial charge in [-0.05, 0) is 54.8 Å². The van der Waals surface area contributed by atoms with Gasteiger partial charge in [0.25, 0.3) is 5.69 Å². The smallest absolute Gasteiger partial charge is 0.289 e. The molecule has 1 aliphatic rings. The second-order valence-corrected chi connectivity index (χ2v) is 10.4. The number of hydrogen-bond donors (Lipinski definition) is 2. The number of pyridine rings is 1. The SMILES string of the molecule is CCOc1ncccc1-c1ccc(N2CCNCC2CC)c(CNS(=O)(=O)c2ccccc2[N+](=O)[O-])c1. The minimum atomic E-state index is -4.15. The highest BCUT2D eigenvalue weighted by molar-refractivity contribution is 7.89. The Balaban J connectivity index is 1.74. The zero-order valence-electron chi connectivity index (χ0n) is 20.9. The lowest BCUT2D eigenvalue weighted by atomic mass is 10.00. The molecule has 1 unspecified atom stereocenters. The first-order chi connectivity index (χ1) is 17.9. The summed E-state index contributed by atoms with van der Waals surface area (Å²) >= 11 is 0. The van der Waals surface area contributed by atoms with Crippen molar-refractivity contribution in [1.82, 2.24) is 15.0 Å². The Morgan fingerprint density at radius 1 is 1.19 bits per heavy atom. The van der Waals surface area contributed by atoms with Gasteiger partial charge in [0.2, 0.25) is 15.9 Å². The van der Waals surface area contributed by atoms with Gasteiger partial charge in [-0.15, -0.1) is 0 Å². The van der Waals surface area contributed by atoms with E-state index in [-0.39, 0.29) is 17.5 Å². The molecule has 2 heterocycles. The Kier molecular flexibility index (Phi) is 8.37. The van der Waals surface area contributed by atoms with Crippen LogP contribution in [-0.2, 0) is 16.6 Å². The molecule has 1 saturated heterocycles. The minimum absolute atomic E-state index is 0.0395. The van der Waals surface area contributed by atoms with Gasteiger partial charge in [0.15, 0.2) is 4.90 Å². The predicted molar refractivity (Wildman–Crippen MR) is 142 cm³/mol. The van der Waals surface area contributed by atoms with Gasteiger partial charge in [0.05, 0.1) is 11.5 Å². The molecule has 11 heteroatoms. The van der Waals surface area contributed by atoms with Crippen molar-refractivity contribution in [1.29, 1.82) is 0 Å². The van der Waals surface area contributed by atoms with Crippen LogP contribution in [0, 0.1) is 10.1 Å². The van der Waals surface area contributed by atoms with Crippen LogP contribution in [0.15, 0.2) is 65.7 Å². The molecule has 1 aliphatic heterocycles. The number of rotatable bonds is 10. The molecular weight excluding hydrogens is 494 g/mol. The molecule has 10 nitrogen and oxygen atoms in total. The van der Waals surface area contributed by atoms with Crippen LogP contribution in [0.4, 0.5) is 11.4 Å². The summed E-state index contributed by atoms with van der Waals surface area (Å²) in [5, 5.41) is 14.9. The zero-order chi connectivity index (χ0) is 26.4. The van der Waals surface area contributed by atoms with Crippen molar-refractivity contribution in [2.24, 2.45) is 0 Å². The Bertz CT molecular complexity index is 1360. The van der Waals surface area contributed by atoms with Gasteiger partial charge >= 0.3 is 0 Å². The summed E-state index contributed by atoms with van der Waals surface area (Å²) < 4.78 is 34.6. The minimum Gasteiger partial charge on any atom is -0.478 e. The number of para-hydroxylation sites is 1. The molecular formula is C26H31N5O5S. The number of hydrogen-bond acceptors (Lipinski definition) is 8. The van der Waals surface area contributed by atoms with E-state index < -0.39 is 20.6 Å². The van der Waals surface area contributed by atoms with E-state index in [1.165, 1.54) is 24.3 Å². The van der Waals surface area contributed by atoms with Crippen molar-refractivity contribution in [3.05, 3.63) is 76.5 Å². The lowest BCUT2D eigenvalue weighted by Crippen LogP contribution is -2.51. The first-order valence-corrected chi connectivity index (χ1v) is 13.8. The van der Waals surface area contributed by atoms with E-state index in [4.69, 9.17) is 4.74 Å². The van der Waals surface area contributed by atoms with Gasteiger partial charge in [0, 0.05) is 55.7 Å². The van der Waals surface area contributed by atoms with Gasteiger partial charge in [-0.2, -0.15) is 0 Å². The van der Waals surface area contributed by atoms with E-state index in [0.29, 0.717) is 12.5 Å². The quantitative estimate of drug-likeness (QED) is 0.303. The van der Waals surface area contributed by atoms with E-state index >= 15 is 0 Å². The van der Waals surface area contributed by atoms with Crippen LogP contribution >= 0.6 is 0 Å². The highest BCUT2D eigenvalue weighted by atomic mass is 32.2. The molecule has 0 saturated carbocycles. The molecule has 1 fully saturated rings. The molecule has 0 spiro atoms. The maximum Gasteiger partial charge on any atom is 0.289 e. The number of anilines is 1. The predicted octanol–water partition coefficient (Wildman–Crippen LogP) is 3.72. The third-order valence-corrected chi connectivity index (χ3v) is 7.83. The fraction of sp³-hybridized carbons (Fsp3) is 0.346. The van der Waals surface area contributed by atoms with Crippen LogP contribution in [-0.4, -0.2) is 50.6 Å². The molecule has 1 aromatic heterocycles. The summed E-state index contributed by atoms with van der Waals surface area (Å²) in [7, 11) is -4.15. The summed E-state index contributed by atoms with van der Waals surface area (Å²) in [6, 6.07) is 15.3. The Labute approximate surface area is 216 Å². The van der Waals surface area contributed by atoms with Crippen molar-refractivity contribution in [2.45, 2.75) is 37.8 Å². The van der Waals surface area contributed by atoms with E-state index in [1.54, 1.807) is 6.20 Å². The van der Waals surface area contributed by atoms with Crippen molar-refractivity contribution < 1.29 is 18.1 Å². The molecule has 2 N–H and O–H groups in total. The van der Waals surface area contributed by atoms with Crippen LogP contribution in [0.5, 0.6) is 5.88 Å². The maximum absolute atomic E-state index is 13.2. The number of sulfonamides is 1. The average molecular weight is 526 g/mol. The van der Waals surface area contributed by atoms with Crippen LogP contribution in [0.1, 0.15) is 25.8 Å². The average Bonchev–Trinajstić information content (AvgIpc) is 2.92. The summed E-state index contributed by atoms with van der Waals surface area (Å²) in [5.74, 6) is 0.498. The van der Waals surface area contributed by atoms with E-state index in [2.05, 4.69) is 26.8 Å². The summed E-state index contributed by atoms with van der Waals surface area (Å²) in [5.41, 5.74) is 2.85. The molecule has 3 aromatic rings. The lowest BCUT2D eigenvalue weighted by Gasteiger charge is -2.39. The monoisotopic (exact) mass is 525 g/mol. The largest absolute Gasteiger partial charge is 0.478 e. The van der Waals surface area contributed by atoms with Crippen molar-refractivity contribution in [2.75, 3.05) is 31.1 Å². The second-order valence-electron chi connectivity index (χ2n) is 8.64. The topological polar surface area (TPSA) is 127 Å². The van der Waals surface area contributed by atoms with Crippen LogP contribution in [0.3, 0.4) is 0 Å². The fourth-order valence-electron chi connectivity index (χ4n) is 4.57. The molecule has 2 aromatic carbocycles. The molecule has 0 bridgehead atoms. The number of nitro groups is 1. The van der Waals surface area contributed by atoms with Gasteiger partial charge in [0.1, 0.15) is 0 Å². The van der Waals surface area contributed by atoms with Crippen LogP contribution in [0.25, 0.3) is 11.1 Å². The Morgan fingerprint density at radius 3 is 2.76 bits per heavy atom. The zero-order valence-corrected chi connectivity index (χ0v) is 21.7. The molecule has 4 rings (SSSR count). The number of nitrogens with one attached hydrogen (secondary N) is 2. The molecule has 1 atom stereocenters. The number of nitrogens with zero attached hydrogens (tertiary/aromatic N) is 3. The Hall–Kier alpha value is -3.54. The highest BCUT2D eigenvalue weighted by Crippen LogP contribution is 2.34. The fourth-order valence-corrected chi connectivity index (χ4v) is 5.74. The number of nitro benzene ring substituents is 1. The van der Waals surface area contributed by atoms with Crippen molar-refractivity contribution in [3.63, 3.8) is 0 Å². The number of ether oxygens (including phenoxy) is 1. The van der Waals surface area contributed by atoms with Gasteiger partial charge in [-0.1, -0.05) is 25.1 Å². The Morgan fingerprint density at radius 2 is 2.00 bits per heavy atom. The molecule has 0 aliphatic carbocycles. The number of aromatic nitrogens is 1. The van der Waals surface area contributed by atoms with E-state index in [0.717, 1.165) is 48.4 Å². The maximum atomic E-state index is 13.2. The van der Waals surface area contributed by atoms with Crippen molar-refractivity contribution in [3.8, 4) is 17.0 Å². The van der Waals surface area contributed by atoms with Crippen molar-refractivity contribution >= 4 is 21.4 Å². The molecule has 0 radical (unpaired) electrons. The normalized spacial score (nSPS) is 15.9. The lowest BCUT2D eigenvalue weighted by molar-refractivity contribution is -0.387.